The van der Waals surface area contributed by atoms with Gasteiger partial charge in [0.25, 0.3) is 0 Å². The zero-order valence-electron chi connectivity index (χ0n) is 21.3. The molecule has 0 spiro atoms. The summed E-state index contributed by atoms with van der Waals surface area (Å²) >= 11 is 1.51. The van der Waals surface area contributed by atoms with Crippen LogP contribution in [0.3, 0.4) is 0 Å². The van der Waals surface area contributed by atoms with Gasteiger partial charge in [0, 0.05) is 12.2 Å². The van der Waals surface area contributed by atoms with Crippen molar-refractivity contribution >= 4 is 28.8 Å². The number of ether oxygens (including phenoxy) is 3. The normalized spacial score (nSPS) is 17.0. The summed E-state index contributed by atoms with van der Waals surface area (Å²) in [6.45, 7) is 2.29. The quantitative estimate of drug-likeness (QED) is 0.351. The van der Waals surface area contributed by atoms with Crippen molar-refractivity contribution in [3.05, 3.63) is 107 Å². The van der Waals surface area contributed by atoms with Crippen LogP contribution in [0.25, 0.3) is 0 Å². The van der Waals surface area contributed by atoms with Gasteiger partial charge in [-0.15, -0.1) is 0 Å². The Hall–Kier alpha value is -4.04. The maximum atomic E-state index is 13.5. The number of hydrogen-bond acceptors (Lipinski definition) is 7. The first-order valence-electron chi connectivity index (χ1n) is 12.3. The average Bonchev–Trinajstić information content (AvgIpc) is 2.95. The number of allylic oxidation sites excluding steroid dienone is 1. The minimum absolute atomic E-state index is 0.0864. The third-order valence-electron chi connectivity index (χ3n) is 6.38. The Morgan fingerprint density at radius 1 is 0.974 bits per heavy atom. The van der Waals surface area contributed by atoms with Crippen LogP contribution in [0.15, 0.2) is 95.1 Å². The number of hydrogen-bond donors (Lipinski definition) is 0. The predicted octanol–water partition coefficient (Wildman–Crippen LogP) is 5.67. The molecule has 0 saturated carbocycles. The Morgan fingerprint density at radius 3 is 2.34 bits per heavy atom. The minimum Gasteiger partial charge on any atom is -0.493 e. The van der Waals surface area contributed by atoms with Crippen LogP contribution in [-0.2, 0) is 27.5 Å². The van der Waals surface area contributed by atoms with Crippen molar-refractivity contribution in [2.45, 2.75) is 32.6 Å². The van der Waals surface area contributed by atoms with E-state index in [-0.39, 0.29) is 12.5 Å². The Bertz CT molecular complexity index is 1390. The lowest BCUT2D eigenvalue weighted by Gasteiger charge is -2.39. The predicted molar refractivity (Wildman–Crippen MR) is 147 cm³/mol. The van der Waals surface area contributed by atoms with Gasteiger partial charge in [0.15, 0.2) is 16.7 Å². The van der Waals surface area contributed by atoms with Crippen molar-refractivity contribution in [2.24, 2.45) is 4.99 Å². The van der Waals surface area contributed by atoms with Gasteiger partial charge in [0.2, 0.25) is 5.91 Å². The molecule has 1 unspecified atom stereocenters. The largest absolute Gasteiger partial charge is 0.493 e. The van der Waals surface area contributed by atoms with Gasteiger partial charge in [0.05, 0.1) is 24.4 Å². The number of amidine groups is 1. The number of amides is 1. The monoisotopic (exact) mass is 528 g/mol. The number of aliphatic imine (C=N–C) groups is 1. The first-order valence-corrected chi connectivity index (χ1v) is 13.3. The molecule has 1 fully saturated rings. The van der Waals surface area contributed by atoms with Crippen LogP contribution < -0.4 is 9.47 Å². The number of thioether (sulfide) groups is 1. The van der Waals surface area contributed by atoms with Crippen LogP contribution >= 0.6 is 11.8 Å². The third-order valence-corrected chi connectivity index (χ3v) is 7.33. The lowest BCUT2D eigenvalue weighted by Crippen LogP contribution is -2.45. The Kier molecular flexibility index (Phi) is 7.79. The molecule has 3 aromatic rings. The van der Waals surface area contributed by atoms with Crippen molar-refractivity contribution in [3.8, 4) is 11.5 Å². The SMILES string of the molecule is COc1cc(C2C(C(=O)OCc3ccccc3)=C(C)N=C3SCCC(=O)N32)ccc1OCc1ccccc1. The molecular weight excluding hydrogens is 500 g/mol. The fourth-order valence-corrected chi connectivity index (χ4v) is 5.49. The molecule has 2 aliphatic heterocycles. The molecule has 0 aliphatic carbocycles. The smallest absolute Gasteiger partial charge is 0.338 e. The molecule has 1 saturated heterocycles. The van der Waals surface area contributed by atoms with Gasteiger partial charge in [-0.05, 0) is 35.7 Å². The molecule has 0 bridgehead atoms. The van der Waals surface area contributed by atoms with E-state index in [4.69, 9.17) is 14.2 Å². The highest BCUT2D eigenvalue weighted by atomic mass is 32.2. The molecule has 3 aromatic carbocycles. The van der Waals surface area contributed by atoms with Crippen molar-refractivity contribution in [2.75, 3.05) is 12.9 Å². The van der Waals surface area contributed by atoms with Crippen LogP contribution in [0.2, 0.25) is 0 Å². The molecule has 2 heterocycles. The highest BCUT2D eigenvalue weighted by molar-refractivity contribution is 8.14. The average molecular weight is 529 g/mol. The first-order chi connectivity index (χ1) is 18.5. The Balaban J connectivity index is 1.47. The molecule has 38 heavy (non-hydrogen) atoms. The summed E-state index contributed by atoms with van der Waals surface area (Å²) in [5.74, 6) is 1.13. The van der Waals surface area contributed by atoms with Crippen LogP contribution in [0, 0.1) is 0 Å². The second-order valence-corrected chi connectivity index (χ2v) is 9.97. The zero-order chi connectivity index (χ0) is 26.5. The number of nitrogens with zero attached hydrogens (tertiary/aromatic N) is 2. The number of benzene rings is 3. The highest BCUT2D eigenvalue weighted by Gasteiger charge is 2.42. The number of fused-ring (bicyclic) bond motifs is 1. The molecule has 8 heteroatoms. The summed E-state index contributed by atoms with van der Waals surface area (Å²) in [5.41, 5.74) is 3.49. The lowest BCUT2D eigenvalue weighted by atomic mass is 9.93. The van der Waals surface area contributed by atoms with Gasteiger partial charge in [-0.2, -0.15) is 0 Å². The van der Waals surface area contributed by atoms with Crippen molar-refractivity contribution in [1.82, 2.24) is 4.90 Å². The first kappa shape index (κ1) is 25.6. The molecule has 7 nitrogen and oxygen atoms in total. The summed E-state index contributed by atoms with van der Waals surface area (Å²) in [6.07, 6.45) is 0.362. The topological polar surface area (TPSA) is 77.4 Å². The molecule has 1 amide bonds. The van der Waals surface area contributed by atoms with E-state index >= 15 is 0 Å². The van der Waals surface area contributed by atoms with E-state index in [1.165, 1.54) is 11.8 Å². The van der Waals surface area contributed by atoms with Gasteiger partial charge < -0.3 is 14.2 Å². The molecular formula is C30H28N2O5S. The van der Waals surface area contributed by atoms with Gasteiger partial charge in [-0.3, -0.25) is 9.69 Å². The Morgan fingerprint density at radius 2 is 1.66 bits per heavy atom. The summed E-state index contributed by atoms with van der Waals surface area (Å²) < 4.78 is 17.4. The maximum absolute atomic E-state index is 13.5. The Labute approximate surface area is 226 Å². The van der Waals surface area contributed by atoms with Crippen molar-refractivity contribution in [1.29, 1.82) is 0 Å². The van der Waals surface area contributed by atoms with Gasteiger partial charge in [-0.1, -0.05) is 78.5 Å². The minimum atomic E-state index is -0.692. The fraction of sp³-hybridized carbons (Fsp3) is 0.233. The summed E-state index contributed by atoms with van der Waals surface area (Å²) in [7, 11) is 1.57. The van der Waals surface area contributed by atoms with Crippen LogP contribution in [0.1, 0.15) is 36.1 Å². The number of rotatable bonds is 8. The van der Waals surface area contributed by atoms with E-state index in [1.54, 1.807) is 18.9 Å². The van der Waals surface area contributed by atoms with E-state index in [9.17, 15) is 9.59 Å². The standard InChI is InChI=1S/C30H28N2O5S/c1-20-27(29(34)37-19-22-11-7-4-8-12-22)28(32-26(33)15-16-38-30(32)31-20)23-13-14-24(25(17-23)35-2)36-18-21-9-5-3-6-10-21/h3-14,17,28H,15-16,18-19H2,1-2H3. The second kappa shape index (κ2) is 11.6. The third kappa shape index (κ3) is 5.45. The second-order valence-electron chi connectivity index (χ2n) is 8.90. The summed E-state index contributed by atoms with van der Waals surface area (Å²) in [6, 6.07) is 24.1. The molecule has 0 radical (unpaired) electrons. The number of carbonyl (C=O) groups excluding carboxylic acids is 2. The number of carbonyl (C=O) groups is 2. The van der Waals surface area contributed by atoms with Gasteiger partial charge in [-0.25, -0.2) is 9.79 Å². The maximum Gasteiger partial charge on any atom is 0.338 e. The molecule has 5 rings (SSSR count). The molecule has 2 aliphatic rings. The van der Waals surface area contributed by atoms with Gasteiger partial charge in [0.1, 0.15) is 13.2 Å². The fourth-order valence-electron chi connectivity index (χ4n) is 4.48. The highest BCUT2D eigenvalue weighted by Crippen LogP contribution is 2.42. The molecule has 0 aromatic heterocycles. The van der Waals surface area contributed by atoms with Crippen LogP contribution in [-0.4, -0.2) is 34.8 Å². The van der Waals surface area contributed by atoms with Gasteiger partial charge >= 0.3 is 5.97 Å². The molecule has 1 atom stereocenters. The van der Waals surface area contributed by atoms with Crippen LogP contribution in [0.4, 0.5) is 0 Å². The van der Waals surface area contributed by atoms with E-state index in [1.807, 2.05) is 78.9 Å². The van der Waals surface area contributed by atoms with Crippen molar-refractivity contribution in [3.63, 3.8) is 0 Å². The lowest BCUT2D eigenvalue weighted by molar-refractivity contribution is -0.141. The number of methoxy groups -OCH3 is 1. The van der Waals surface area contributed by atoms with E-state index in [0.717, 1.165) is 11.1 Å². The van der Waals surface area contributed by atoms with E-state index in [2.05, 4.69) is 4.99 Å². The van der Waals surface area contributed by atoms with Crippen LogP contribution in [0.5, 0.6) is 11.5 Å². The molecule has 194 valence electrons. The molecule has 0 N–H and O–H groups in total. The number of esters is 1. The zero-order valence-corrected chi connectivity index (χ0v) is 22.1. The van der Waals surface area contributed by atoms with Crippen molar-refractivity contribution < 1.29 is 23.8 Å². The summed E-state index contributed by atoms with van der Waals surface area (Å²) in [4.78, 5) is 32.9. The van der Waals surface area contributed by atoms with E-state index in [0.29, 0.717) is 52.3 Å². The van der Waals surface area contributed by atoms with E-state index < -0.39 is 12.0 Å². The summed E-state index contributed by atoms with van der Waals surface area (Å²) in [5, 5.41) is 0.590.